The quantitative estimate of drug-likeness (QED) is 0.458. The topological polar surface area (TPSA) is 67.2 Å². The zero-order valence-corrected chi connectivity index (χ0v) is 8.60. The number of rotatable bonds is 2. The molecule has 0 saturated heterocycles. The average Bonchev–Trinajstić information content (AvgIpc) is 2.20. The number of hydrogen-bond donors (Lipinski definition) is 2. The van der Waals surface area contributed by atoms with Crippen LogP contribution in [0.4, 0.5) is 15.8 Å². The van der Waals surface area contributed by atoms with E-state index in [4.69, 9.17) is 12.2 Å². The van der Waals surface area contributed by atoms with E-state index in [2.05, 4.69) is 10.6 Å². The first kappa shape index (κ1) is 11.3. The summed E-state index contributed by atoms with van der Waals surface area (Å²) < 4.78 is 13.2. The van der Waals surface area contributed by atoms with Gasteiger partial charge in [0.2, 0.25) is 0 Å². The summed E-state index contributed by atoms with van der Waals surface area (Å²) in [4.78, 5) is 9.82. The van der Waals surface area contributed by atoms with Gasteiger partial charge in [0.15, 0.2) is 5.11 Å². The molecule has 0 atom stereocenters. The highest BCUT2D eigenvalue weighted by Gasteiger charge is 2.10. The predicted molar refractivity (Wildman–Crippen MR) is 58.3 cm³/mol. The third-order valence-corrected chi connectivity index (χ3v) is 1.94. The Morgan fingerprint density at radius 1 is 1.60 bits per heavy atom. The van der Waals surface area contributed by atoms with Gasteiger partial charge >= 0.3 is 0 Å². The summed E-state index contributed by atoms with van der Waals surface area (Å²) in [5.74, 6) is -0.599. The number of nitro benzene ring substituents is 1. The molecule has 15 heavy (non-hydrogen) atoms. The molecule has 0 spiro atoms. The Morgan fingerprint density at radius 2 is 2.27 bits per heavy atom. The summed E-state index contributed by atoms with van der Waals surface area (Å²) in [5, 5.41) is 15.7. The Balaban J connectivity index is 3.00. The van der Waals surface area contributed by atoms with Crippen LogP contribution in [0.3, 0.4) is 0 Å². The molecule has 1 aromatic carbocycles. The zero-order chi connectivity index (χ0) is 11.4. The van der Waals surface area contributed by atoms with Crippen molar-refractivity contribution in [2.45, 2.75) is 0 Å². The normalized spacial score (nSPS) is 9.47. The lowest BCUT2D eigenvalue weighted by Crippen LogP contribution is -2.24. The molecular weight excluding hydrogens is 221 g/mol. The van der Waals surface area contributed by atoms with E-state index < -0.39 is 10.7 Å². The first-order chi connectivity index (χ1) is 7.04. The molecule has 0 aliphatic carbocycles. The van der Waals surface area contributed by atoms with Crippen LogP contribution in [0.2, 0.25) is 0 Å². The molecule has 2 N–H and O–H groups in total. The predicted octanol–water partition coefficient (Wildman–Crippen LogP) is 1.65. The number of anilines is 1. The van der Waals surface area contributed by atoms with Crippen LogP contribution in [0.5, 0.6) is 0 Å². The van der Waals surface area contributed by atoms with Crippen molar-refractivity contribution in [1.82, 2.24) is 5.32 Å². The number of halogens is 1. The fourth-order valence-corrected chi connectivity index (χ4v) is 1.02. The standard InChI is InChI=1S/C8H8FN3O2S/c1-10-8(15)11-7-4-5(12(13)14)2-3-6(7)9/h2-4H,1H3,(H2,10,11,15). The van der Waals surface area contributed by atoms with Gasteiger partial charge in [-0.15, -0.1) is 0 Å². The third kappa shape index (κ3) is 2.84. The molecule has 80 valence electrons. The fourth-order valence-electron chi connectivity index (χ4n) is 0.907. The van der Waals surface area contributed by atoms with E-state index in [1.807, 2.05) is 0 Å². The van der Waals surface area contributed by atoms with E-state index in [-0.39, 0.29) is 16.5 Å². The molecule has 0 radical (unpaired) electrons. The van der Waals surface area contributed by atoms with Crippen molar-refractivity contribution < 1.29 is 9.31 Å². The number of hydrogen-bond acceptors (Lipinski definition) is 3. The van der Waals surface area contributed by atoms with Gasteiger partial charge in [0.25, 0.3) is 5.69 Å². The molecule has 0 fully saturated rings. The first-order valence-corrected chi connectivity index (χ1v) is 4.38. The number of non-ortho nitro benzene ring substituents is 1. The Morgan fingerprint density at radius 3 is 2.80 bits per heavy atom. The van der Waals surface area contributed by atoms with Crippen LogP contribution >= 0.6 is 12.2 Å². The third-order valence-electron chi connectivity index (χ3n) is 1.64. The minimum Gasteiger partial charge on any atom is -0.366 e. The second kappa shape index (κ2) is 4.65. The molecule has 0 aromatic heterocycles. The van der Waals surface area contributed by atoms with Crippen LogP contribution in [0, 0.1) is 15.9 Å². The second-order valence-corrected chi connectivity index (χ2v) is 3.03. The van der Waals surface area contributed by atoms with E-state index in [1.54, 1.807) is 7.05 Å². The van der Waals surface area contributed by atoms with Crippen molar-refractivity contribution in [2.75, 3.05) is 12.4 Å². The molecule has 0 aliphatic heterocycles. The van der Waals surface area contributed by atoms with E-state index in [9.17, 15) is 14.5 Å². The SMILES string of the molecule is CNC(=S)Nc1cc([N+](=O)[O-])ccc1F. The maximum Gasteiger partial charge on any atom is 0.271 e. The summed E-state index contributed by atoms with van der Waals surface area (Å²) in [7, 11) is 1.56. The molecule has 1 aromatic rings. The van der Waals surface area contributed by atoms with Crippen LogP contribution in [0.1, 0.15) is 0 Å². The van der Waals surface area contributed by atoms with Crippen LogP contribution < -0.4 is 10.6 Å². The molecule has 0 unspecified atom stereocenters. The number of thiocarbonyl (C=S) groups is 1. The lowest BCUT2D eigenvalue weighted by molar-refractivity contribution is -0.384. The molecule has 7 heteroatoms. The Labute approximate surface area is 90.4 Å². The van der Waals surface area contributed by atoms with E-state index >= 15 is 0 Å². The summed E-state index contributed by atoms with van der Waals surface area (Å²) in [5.41, 5.74) is -0.221. The van der Waals surface area contributed by atoms with Gasteiger partial charge in [-0.1, -0.05) is 0 Å². The fraction of sp³-hybridized carbons (Fsp3) is 0.125. The lowest BCUT2D eigenvalue weighted by Gasteiger charge is -2.07. The Bertz CT molecular complexity index is 411. The average molecular weight is 229 g/mol. The van der Waals surface area contributed by atoms with Crippen LogP contribution in [0.15, 0.2) is 18.2 Å². The van der Waals surface area contributed by atoms with Crippen LogP contribution in [0.25, 0.3) is 0 Å². The van der Waals surface area contributed by atoms with Gasteiger partial charge < -0.3 is 10.6 Å². The minimum absolute atomic E-state index is 0.0245. The number of benzene rings is 1. The van der Waals surface area contributed by atoms with Gasteiger partial charge in [-0.2, -0.15) is 0 Å². The van der Waals surface area contributed by atoms with Crippen molar-refractivity contribution in [3.63, 3.8) is 0 Å². The molecule has 0 aliphatic rings. The van der Waals surface area contributed by atoms with Crippen molar-refractivity contribution in [3.8, 4) is 0 Å². The molecule has 5 nitrogen and oxygen atoms in total. The largest absolute Gasteiger partial charge is 0.366 e. The minimum atomic E-state index is -0.604. The van der Waals surface area contributed by atoms with Gasteiger partial charge in [0.05, 0.1) is 10.6 Å². The molecule has 0 amide bonds. The van der Waals surface area contributed by atoms with Crippen molar-refractivity contribution in [2.24, 2.45) is 0 Å². The van der Waals surface area contributed by atoms with E-state index in [0.29, 0.717) is 0 Å². The van der Waals surface area contributed by atoms with Gasteiger partial charge in [-0.25, -0.2) is 4.39 Å². The van der Waals surface area contributed by atoms with Gasteiger partial charge in [0.1, 0.15) is 5.82 Å². The highest BCUT2D eigenvalue weighted by atomic mass is 32.1. The maximum absolute atomic E-state index is 13.2. The number of nitrogens with one attached hydrogen (secondary N) is 2. The smallest absolute Gasteiger partial charge is 0.271 e. The van der Waals surface area contributed by atoms with Crippen molar-refractivity contribution in [1.29, 1.82) is 0 Å². The second-order valence-electron chi connectivity index (χ2n) is 2.63. The Hall–Kier alpha value is -1.76. The van der Waals surface area contributed by atoms with Gasteiger partial charge in [0, 0.05) is 19.2 Å². The summed E-state index contributed by atoms with van der Waals surface area (Å²) in [6, 6.07) is 3.18. The molecule has 0 heterocycles. The van der Waals surface area contributed by atoms with Gasteiger partial charge in [-0.05, 0) is 18.3 Å². The zero-order valence-electron chi connectivity index (χ0n) is 7.78. The highest BCUT2D eigenvalue weighted by molar-refractivity contribution is 7.80. The molecule has 1 rings (SSSR count). The molecule has 0 saturated carbocycles. The van der Waals surface area contributed by atoms with Gasteiger partial charge in [-0.3, -0.25) is 10.1 Å². The van der Waals surface area contributed by atoms with Crippen molar-refractivity contribution in [3.05, 3.63) is 34.1 Å². The summed E-state index contributed by atoms with van der Waals surface area (Å²) >= 11 is 4.75. The molecule has 0 bridgehead atoms. The highest BCUT2D eigenvalue weighted by Crippen LogP contribution is 2.20. The monoisotopic (exact) mass is 229 g/mol. The van der Waals surface area contributed by atoms with Crippen LogP contribution in [-0.4, -0.2) is 17.1 Å². The number of nitro groups is 1. The first-order valence-electron chi connectivity index (χ1n) is 3.97. The Kier molecular flexibility index (Phi) is 3.51. The number of nitrogens with zero attached hydrogens (tertiary/aromatic N) is 1. The molecular formula is C8H8FN3O2S. The van der Waals surface area contributed by atoms with Crippen molar-refractivity contribution >= 4 is 28.7 Å². The van der Waals surface area contributed by atoms with Crippen LogP contribution in [-0.2, 0) is 0 Å². The maximum atomic E-state index is 13.2. The summed E-state index contributed by atoms with van der Waals surface area (Å²) in [6.07, 6.45) is 0. The summed E-state index contributed by atoms with van der Waals surface area (Å²) in [6.45, 7) is 0. The van der Waals surface area contributed by atoms with E-state index in [1.165, 1.54) is 0 Å². The lowest BCUT2D eigenvalue weighted by atomic mass is 10.2. The van der Waals surface area contributed by atoms with E-state index in [0.717, 1.165) is 18.2 Å².